The minimum absolute atomic E-state index is 0. The predicted octanol–water partition coefficient (Wildman–Crippen LogP) is 1.74. The number of benzene rings is 1. The topological polar surface area (TPSA) is 33.2 Å². The van der Waals surface area contributed by atoms with Crippen LogP contribution in [0.5, 0.6) is 5.75 Å². The molecule has 2 saturated heterocycles. The molecule has 1 aromatic rings. The Morgan fingerprint density at radius 3 is 2.04 bits per heavy atom. The molecule has 1 N–H and O–H groups in total. The summed E-state index contributed by atoms with van der Waals surface area (Å²) in [7, 11) is 4.38. The number of hydrogen-bond acceptors (Lipinski definition) is 5. The maximum absolute atomic E-state index is 10.2. The number of likely N-dealkylation sites (N-methyl/N-ethyl adjacent to an activating group) is 2. The van der Waals surface area contributed by atoms with Crippen LogP contribution >= 0.6 is 12.4 Å². The van der Waals surface area contributed by atoms with Crippen LogP contribution in [0, 0.1) is 0 Å². The Morgan fingerprint density at radius 2 is 1.42 bits per heavy atom. The van der Waals surface area contributed by atoms with Crippen LogP contribution in [0.4, 0.5) is 0 Å². The number of hydrogen-bond donors (Lipinski definition) is 1. The standard InChI is InChI=1S/C20H34N4O.ClH/c1-21-8-12-23(13-9-21)7-3-4-18-5-6-20(25)19(16-18)17-24-14-10-22(2)11-15-24;/h5-6,16,25H,3-4,7-15,17H2,1-2H3;1H. The van der Waals surface area contributed by atoms with Crippen molar-refractivity contribution in [2.45, 2.75) is 19.4 Å². The monoisotopic (exact) mass is 382 g/mol. The Balaban J connectivity index is 0.00000243. The second-order valence-electron chi connectivity index (χ2n) is 7.79. The molecule has 1 aromatic carbocycles. The van der Waals surface area contributed by atoms with E-state index in [4.69, 9.17) is 0 Å². The molecule has 148 valence electrons. The second kappa shape index (κ2) is 10.5. The maximum Gasteiger partial charge on any atom is 0.120 e. The number of nitrogens with zero attached hydrogens (tertiary/aromatic N) is 4. The van der Waals surface area contributed by atoms with Crippen molar-refractivity contribution in [3.8, 4) is 5.75 Å². The van der Waals surface area contributed by atoms with Crippen LogP contribution in [-0.2, 0) is 13.0 Å². The SMILES string of the molecule is CN1CCN(CCCc2ccc(O)c(CN3CCN(C)CC3)c2)CC1.Cl. The van der Waals surface area contributed by atoms with E-state index in [0.29, 0.717) is 5.75 Å². The van der Waals surface area contributed by atoms with Gasteiger partial charge in [0.15, 0.2) is 0 Å². The third kappa shape index (κ3) is 6.39. The summed E-state index contributed by atoms with van der Waals surface area (Å²) in [6.07, 6.45) is 2.30. The number of halogens is 1. The van der Waals surface area contributed by atoms with Crippen molar-refractivity contribution < 1.29 is 5.11 Å². The molecule has 0 atom stereocenters. The molecule has 0 saturated carbocycles. The van der Waals surface area contributed by atoms with Gasteiger partial charge in [0.2, 0.25) is 0 Å². The van der Waals surface area contributed by atoms with E-state index in [9.17, 15) is 5.11 Å². The van der Waals surface area contributed by atoms with Gasteiger partial charge in [-0.05, 0) is 45.1 Å². The molecule has 0 spiro atoms. The molecule has 0 amide bonds. The largest absolute Gasteiger partial charge is 0.508 e. The van der Waals surface area contributed by atoms with Crippen LogP contribution in [-0.4, -0.2) is 97.7 Å². The van der Waals surface area contributed by atoms with E-state index in [1.54, 1.807) is 0 Å². The van der Waals surface area contributed by atoms with Crippen LogP contribution in [0.15, 0.2) is 18.2 Å². The fraction of sp³-hybridized carbons (Fsp3) is 0.700. The zero-order chi connectivity index (χ0) is 17.6. The molecule has 2 aliphatic rings. The molecule has 2 heterocycles. The fourth-order valence-corrected chi connectivity index (χ4v) is 3.75. The van der Waals surface area contributed by atoms with Gasteiger partial charge in [0.25, 0.3) is 0 Å². The van der Waals surface area contributed by atoms with Crippen molar-refractivity contribution in [2.75, 3.05) is 73.0 Å². The Morgan fingerprint density at radius 1 is 0.846 bits per heavy atom. The van der Waals surface area contributed by atoms with Crippen molar-refractivity contribution in [1.82, 2.24) is 19.6 Å². The van der Waals surface area contributed by atoms with Gasteiger partial charge in [-0.1, -0.05) is 12.1 Å². The summed E-state index contributed by atoms with van der Waals surface area (Å²) >= 11 is 0. The van der Waals surface area contributed by atoms with Crippen molar-refractivity contribution in [1.29, 1.82) is 0 Å². The summed E-state index contributed by atoms with van der Waals surface area (Å²) in [5.74, 6) is 0.446. The van der Waals surface area contributed by atoms with E-state index in [-0.39, 0.29) is 12.4 Å². The highest BCUT2D eigenvalue weighted by Crippen LogP contribution is 2.22. The molecule has 0 radical (unpaired) electrons. The Labute approximate surface area is 165 Å². The average molecular weight is 383 g/mol. The smallest absolute Gasteiger partial charge is 0.120 e. The molecule has 5 nitrogen and oxygen atoms in total. The molecule has 0 bridgehead atoms. The van der Waals surface area contributed by atoms with Crippen LogP contribution in [0.2, 0.25) is 0 Å². The van der Waals surface area contributed by atoms with E-state index in [0.717, 1.165) is 44.7 Å². The minimum Gasteiger partial charge on any atom is -0.508 e. The van der Waals surface area contributed by atoms with Crippen LogP contribution in [0.1, 0.15) is 17.5 Å². The maximum atomic E-state index is 10.2. The molecule has 3 rings (SSSR count). The number of piperazine rings is 2. The van der Waals surface area contributed by atoms with Gasteiger partial charge in [0.05, 0.1) is 0 Å². The highest BCUT2D eigenvalue weighted by atomic mass is 35.5. The van der Waals surface area contributed by atoms with Gasteiger partial charge in [-0.15, -0.1) is 12.4 Å². The van der Waals surface area contributed by atoms with Gasteiger partial charge in [-0.2, -0.15) is 0 Å². The minimum atomic E-state index is 0. The average Bonchev–Trinajstić information content (AvgIpc) is 2.61. The second-order valence-corrected chi connectivity index (χ2v) is 7.79. The summed E-state index contributed by atoms with van der Waals surface area (Å²) < 4.78 is 0. The number of aromatic hydroxyl groups is 1. The molecule has 2 aliphatic heterocycles. The lowest BCUT2D eigenvalue weighted by Gasteiger charge is -2.32. The Hall–Kier alpha value is -0.850. The van der Waals surface area contributed by atoms with Crippen LogP contribution < -0.4 is 0 Å². The third-order valence-electron chi connectivity index (χ3n) is 5.67. The van der Waals surface area contributed by atoms with Crippen molar-refractivity contribution in [3.05, 3.63) is 29.3 Å². The molecule has 6 heteroatoms. The van der Waals surface area contributed by atoms with E-state index in [1.165, 1.54) is 44.7 Å². The normalized spacial score (nSPS) is 20.8. The van der Waals surface area contributed by atoms with Gasteiger partial charge >= 0.3 is 0 Å². The zero-order valence-corrected chi connectivity index (χ0v) is 17.2. The molecule has 0 aromatic heterocycles. The number of phenolic OH excluding ortho intramolecular Hbond substituents is 1. The van der Waals surface area contributed by atoms with Gasteiger partial charge in [-0.3, -0.25) is 4.90 Å². The molecule has 2 fully saturated rings. The Kier molecular flexibility index (Phi) is 8.64. The van der Waals surface area contributed by atoms with Crippen molar-refractivity contribution >= 4 is 12.4 Å². The first-order valence-corrected chi connectivity index (χ1v) is 9.73. The fourth-order valence-electron chi connectivity index (χ4n) is 3.75. The first-order chi connectivity index (χ1) is 12.1. The summed E-state index contributed by atoms with van der Waals surface area (Å²) in [5, 5.41) is 10.2. The molecule has 0 unspecified atom stereocenters. The van der Waals surface area contributed by atoms with Crippen molar-refractivity contribution in [3.63, 3.8) is 0 Å². The lowest BCUT2D eigenvalue weighted by Crippen LogP contribution is -2.44. The molecular formula is C20H35ClN4O. The van der Waals surface area contributed by atoms with E-state index in [1.807, 2.05) is 6.07 Å². The zero-order valence-electron chi connectivity index (χ0n) is 16.4. The first kappa shape index (κ1) is 21.5. The molecular weight excluding hydrogens is 348 g/mol. The predicted molar refractivity (Wildman–Crippen MR) is 110 cm³/mol. The summed E-state index contributed by atoms with van der Waals surface area (Å²) in [4.78, 5) is 9.79. The van der Waals surface area contributed by atoms with Crippen LogP contribution in [0.25, 0.3) is 0 Å². The van der Waals surface area contributed by atoms with Gasteiger partial charge in [-0.25, -0.2) is 0 Å². The van der Waals surface area contributed by atoms with E-state index in [2.05, 4.69) is 45.8 Å². The van der Waals surface area contributed by atoms with E-state index < -0.39 is 0 Å². The van der Waals surface area contributed by atoms with Gasteiger partial charge in [0, 0.05) is 64.5 Å². The lowest BCUT2D eigenvalue weighted by molar-refractivity contribution is 0.147. The quantitative estimate of drug-likeness (QED) is 0.810. The number of rotatable bonds is 6. The lowest BCUT2D eigenvalue weighted by atomic mass is 10.0. The Bertz CT molecular complexity index is 541. The van der Waals surface area contributed by atoms with Crippen molar-refractivity contribution in [2.24, 2.45) is 0 Å². The number of aryl methyl sites for hydroxylation is 1. The first-order valence-electron chi connectivity index (χ1n) is 9.73. The van der Waals surface area contributed by atoms with Gasteiger partial charge in [0.1, 0.15) is 5.75 Å². The van der Waals surface area contributed by atoms with Gasteiger partial charge < -0.3 is 19.8 Å². The number of phenols is 1. The molecule has 26 heavy (non-hydrogen) atoms. The highest BCUT2D eigenvalue weighted by molar-refractivity contribution is 5.85. The van der Waals surface area contributed by atoms with Crippen LogP contribution in [0.3, 0.4) is 0 Å². The summed E-state index contributed by atoms with van der Waals surface area (Å²) in [6, 6.07) is 6.20. The van der Waals surface area contributed by atoms with E-state index >= 15 is 0 Å². The summed E-state index contributed by atoms with van der Waals surface area (Å²) in [6.45, 7) is 11.2. The third-order valence-corrected chi connectivity index (χ3v) is 5.67. The molecule has 0 aliphatic carbocycles. The highest BCUT2D eigenvalue weighted by Gasteiger charge is 2.16. The summed E-state index contributed by atoms with van der Waals surface area (Å²) in [5.41, 5.74) is 2.44.